The maximum absolute atomic E-state index is 6.27. The van der Waals surface area contributed by atoms with Crippen molar-refractivity contribution in [1.29, 1.82) is 0 Å². The molecule has 0 saturated carbocycles. The zero-order valence-corrected chi connectivity index (χ0v) is 11.0. The quantitative estimate of drug-likeness (QED) is 0.877. The molecule has 90 valence electrons. The van der Waals surface area contributed by atoms with Crippen LogP contribution in [0.4, 0.5) is 0 Å². The number of aryl methyl sites for hydroxylation is 1. The third-order valence-electron chi connectivity index (χ3n) is 3.10. The Morgan fingerprint density at radius 1 is 1.18 bits per heavy atom. The Morgan fingerprint density at radius 2 is 2.00 bits per heavy atom. The number of aromatic amines is 1. The lowest BCUT2D eigenvalue weighted by Gasteiger charge is -2.13. The molecule has 17 heavy (non-hydrogen) atoms. The van der Waals surface area contributed by atoms with Crippen LogP contribution >= 0.6 is 11.6 Å². The van der Waals surface area contributed by atoms with Crippen molar-refractivity contribution in [2.24, 2.45) is 0 Å². The summed E-state index contributed by atoms with van der Waals surface area (Å²) in [4.78, 5) is 7.45. The first-order chi connectivity index (χ1) is 8.26. The van der Waals surface area contributed by atoms with Crippen molar-refractivity contribution < 1.29 is 0 Å². The molecule has 0 bridgehead atoms. The minimum Gasteiger partial charge on any atom is -0.348 e. The van der Waals surface area contributed by atoms with E-state index in [0.29, 0.717) is 0 Å². The minimum atomic E-state index is 0.833. The largest absolute Gasteiger partial charge is 0.348 e. The van der Waals surface area contributed by atoms with Crippen LogP contribution in [0.1, 0.15) is 36.4 Å². The SMILES string of the molecule is CCc1ccc(Cl)c(CC)c1Cc1ncc[nH]1. The molecule has 0 radical (unpaired) electrons. The number of benzene rings is 1. The topological polar surface area (TPSA) is 28.7 Å². The number of aromatic nitrogens is 2. The molecule has 2 rings (SSSR count). The number of nitrogens with zero attached hydrogens (tertiary/aromatic N) is 1. The first-order valence-electron chi connectivity index (χ1n) is 6.03. The second-order valence-electron chi connectivity index (χ2n) is 4.08. The molecule has 1 aromatic heterocycles. The number of rotatable bonds is 4. The highest BCUT2D eigenvalue weighted by Gasteiger charge is 2.11. The smallest absolute Gasteiger partial charge is 0.110 e. The molecule has 0 saturated heterocycles. The lowest BCUT2D eigenvalue weighted by molar-refractivity contribution is 0.952. The molecule has 1 N–H and O–H groups in total. The van der Waals surface area contributed by atoms with Gasteiger partial charge in [0.25, 0.3) is 0 Å². The van der Waals surface area contributed by atoms with Gasteiger partial charge in [0.05, 0.1) is 0 Å². The van der Waals surface area contributed by atoms with Gasteiger partial charge in [-0.15, -0.1) is 0 Å². The van der Waals surface area contributed by atoms with E-state index >= 15 is 0 Å². The van der Waals surface area contributed by atoms with Gasteiger partial charge in [0.1, 0.15) is 5.82 Å². The number of hydrogen-bond donors (Lipinski definition) is 1. The summed E-state index contributed by atoms with van der Waals surface area (Å²) in [6.07, 6.45) is 6.47. The summed E-state index contributed by atoms with van der Waals surface area (Å²) in [5.74, 6) is 0.997. The normalized spacial score (nSPS) is 10.8. The van der Waals surface area contributed by atoms with Crippen molar-refractivity contribution in [3.63, 3.8) is 0 Å². The second-order valence-corrected chi connectivity index (χ2v) is 4.49. The maximum Gasteiger partial charge on any atom is 0.110 e. The lowest BCUT2D eigenvalue weighted by atomic mass is 9.95. The van der Waals surface area contributed by atoms with Crippen LogP contribution in [-0.4, -0.2) is 9.97 Å². The van der Waals surface area contributed by atoms with Crippen LogP contribution in [0, 0.1) is 0 Å². The Bertz CT molecular complexity index is 489. The first-order valence-corrected chi connectivity index (χ1v) is 6.41. The molecule has 0 unspecified atom stereocenters. The molecule has 1 heterocycles. The van der Waals surface area contributed by atoms with Crippen LogP contribution in [0.2, 0.25) is 5.02 Å². The van der Waals surface area contributed by atoms with E-state index in [1.165, 1.54) is 16.7 Å². The molecular formula is C14H17ClN2. The first kappa shape index (κ1) is 12.2. The number of imidazole rings is 1. The van der Waals surface area contributed by atoms with Crippen LogP contribution in [0.15, 0.2) is 24.5 Å². The fourth-order valence-electron chi connectivity index (χ4n) is 2.21. The van der Waals surface area contributed by atoms with Gasteiger partial charge in [0.2, 0.25) is 0 Å². The molecule has 3 heteroatoms. The lowest BCUT2D eigenvalue weighted by Crippen LogP contribution is -2.02. The van der Waals surface area contributed by atoms with Gasteiger partial charge in [-0.3, -0.25) is 0 Å². The van der Waals surface area contributed by atoms with Gasteiger partial charge >= 0.3 is 0 Å². The predicted octanol–water partition coefficient (Wildman–Crippen LogP) is 3.78. The standard InChI is InChI=1S/C14H17ClN2/c1-3-10-5-6-13(15)11(4-2)12(10)9-14-16-7-8-17-14/h5-8H,3-4,9H2,1-2H3,(H,16,17). The van der Waals surface area contributed by atoms with Gasteiger partial charge in [-0.2, -0.15) is 0 Å². The molecule has 2 nitrogen and oxygen atoms in total. The molecule has 0 fully saturated rings. The minimum absolute atomic E-state index is 0.833. The molecular weight excluding hydrogens is 232 g/mol. The van der Waals surface area contributed by atoms with Crippen LogP contribution < -0.4 is 0 Å². The van der Waals surface area contributed by atoms with E-state index in [4.69, 9.17) is 11.6 Å². The Labute approximate surface area is 107 Å². The average Bonchev–Trinajstić information content (AvgIpc) is 2.83. The van der Waals surface area contributed by atoms with Gasteiger partial charge < -0.3 is 4.98 Å². The van der Waals surface area contributed by atoms with E-state index in [9.17, 15) is 0 Å². The van der Waals surface area contributed by atoms with Crippen LogP contribution in [-0.2, 0) is 19.3 Å². The summed E-state index contributed by atoms with van der Waals surface area (Å²) in [5, 5.41) is 0.867. The molecule has 0 aliphatic rings. The van der Waals surface area contributed by atoms with Crippen LogP contribution in [0.25, 0.3) is 0 Å². The zero-order valence-electron chi connectivity index (χ0n) is 10.3. The van der Waals surface area contributed by atoms with E-state index in [1.54, 1.807) is 6.20 Å². The number of hydrogen-bond acceptors (Lipinski definition) is 1. The fourth-order valence-corrected chi connectivity index (χ4v) is 2.52. The van der Waals surface area contributed by atoms with Gasteiger partial charge in [-0.05, 0) is 35.6 Å². The van der Waals surface area contributed by atoms with Crippen LogP contribution in [0.3, 0.4) is 0 Å². The van der Waals surface area contributed by atoms with Crippen molar-refractivity contribution in [2.75, 3.05) is 0 Å². The molecule has 0 aliphatic carbocycles. The van der Waals surface area contributed by atoms with Crippen molar-refractivity contribution in [2.45, 2.75) is 33.1 Å². The van der Waals surface area contributed by atoms with Gasteiger partial charge in [-0.1, -0.05) is 31.5 Å². The number of halogens is 1. The average molecular weight is 249 g/mol. The van der Waals surface area contributed by atoms with Crippen LogP contribution in [0.5, 0.6) is 0 Å². The highest BCUT2D eigenvalue weighted by atomic mass is 35.5. The van der Waals surface area contributed by atoms with Crippen molar-refractivity contribution in [1.82, 2.24) is 9.97 Å². The molecule has 0 aliphatic heterocycles. The Morgan fingerprint density at radius 3 is 2.59 bits per heavy atom. The van der Waals surface area contributed by atoms with Crippen molar-refractivity contribution >= 4 is 11.6 Å². The predicted molar refractivity (Wildman–Crippen MR) is 71.6 cm³/mol. The number of H-pyrrole nitrogens is 1. The Kier molecular flexibility index (Phi) is 3.85. The van der Waals surface area contributed by atoms with E-state index in [1.807, 2.05) is 12.3 Å². The second kappa shape index (κ2) is 5.37. The third-order valence-corrected chi connectivity index (χ3v) is 3.46. The summed E-state index contributed by atoms with van der Waals surface area (Å²) in [6.45, 7) is 4.32. The summed E-state index contributed by atoms with van der Waals surface area (Å²) < 4.78 is 0. The molecule has 2 aromatic rings. The van der Waals surface area contributed by atoms with Crippen molar-refractivity contribution in [3.05, 3.63) is 52.1 Å². The van der Waals surface area contributed by atoms with E-state index in [2.05, 4.69) is 29.9 Å². The Hall–Kier alpha value is -1.28. The van der Waals surface area contributed by atoms with E-state index in [-0.39, 0.29) is 0 Å². The summed E-state index contributed by atoms with van der Waals surface area (Å²) in [6, 6.07) is 4.13. The zero-order chi connectivity index (χ0) is 12.3. The molecule has 0 spiro atoms. The molecule has 0 amide bonds. The van der Waals surface area contributed by atoms with Gasteiger partial charge in [0, 0.05) is 23.8 Å². The summed E-state index contributed by atoms with van der Waals surface area (Å²) in [5.41, 5.74) is 3.95. The fraction of sp³-hybridized carbons (Fsp3) is 0.357. The highest BCUT2D eigenvalue weighted by Crippen LogP contribution is 2.26. The molecule has 0 atom stereocenters. The Balaban J connectivity index is 2.45. The molecule has 1 aromatic carbocycles. The maximum atomic E-state index is 6.27. The number of nitrogens with one attached hydrogen (secondary N) is 1. The monoisotopic (exact) mass is 248 g/mol. The van der Waals surface area contributed by atoms with Gasteiger partial charge in [-0.25, -0.2) is 4.98 Å². The van der Waals surface area contributed by atoms with E-state index in [0.717, 1.165) is 30.1 Å². The van der Waals surface area contributed by atoms with E-state index < -0.39 is 0 Å². The van der Waals surface area contributed by atoms with Gasteiger partial charge in [0.15, 0.2) is 0 Å². The third kappa shape index (κ3) is 2.52. The summed E-state index contributed by atoms with van der Waals surface area (Å²) >= 11 is 6.27. The summed E-state index contributed by atoms with van der Waals surface area (Å²) in [7, 11) is 0. The van der Waals surface area contributed by atoms with Crippen molar-refractivity contribution in [3.8, 4) is 0 Å². The highest BCUT2D eigenvalue weighted by molar-refractivity contribution is 6.31.